The van der Waals surface area contributed by atoms with Gasteiger partial charge in [0, 0.05) is 25.5 Å². The van der Waals surface area contributed by atoms with Crippen LogP contribution in [0.25, 0.3) is 11.3 Å². The lowest BCUT2D eigenvalue weighted by molar-refractivity contribution is 0.126. The highest BCUT2D eigenvalue weighted by molar-refractivity contribution is 7.98. The molecule has 7 heteroatoms. The zero-order valence-electron chi connectivity index (χ0n) is 12.9. The number of aryl methyl sites for hydroxylation is 1. The molecule has 0 spiro atoms. The van der Waals surface area contributed by atoms with Gasteiger partial charge < -0.3 is 10.4 Å². The van der Waals surface area contributed by atoms with Gasteiger partial charge in [0.15, 0.2) is 5.16 Å². The van der Waals surface area contributed by atoms with E-state index in [0.717, 1.165) is 47.9 Å². The summed E-state index contributed by atoms with van der Waals surface area (Å²) < 4.78 is 1.78. The molecular weight excluding hydrogens is 298 g/mol. The molecule has 0 radical (unpaired) electrons. The van der Waals surface area contributed by atoms with Gasteiger partial charge in [0.2, 0.25) is 0 Å². The Morgan fingerprint density at radius 1 is 1.32 bits per heavy atom. The van der Waals surface area contributed by atoms with Crippen molar-refractivity contribution in [2.75, 3.05) is 11.6 Å². The molecule has 118 valence electrons. The molecular formula is C15H21N5OS. The van der Waals surface area contributed by atoms with Crippen molar-refractivity contribution in [3.63, 3.8) is 0 Å². The lowest BCUT2D eigenvalue weighted by Crippen LogP contribution is -2.28. The van der Waals surface area contributed by atoms with Gasteiger partial charge in [-0.15, -0.1) is 0 Å². The normalized spacial score (nSPS) is 21.8. The lowest BCUT2D eigenvalue weighted by Gasteiger charge is -2.27. The zero-order valence-corrected chi connectivity index (χ0v) is 13.7. The highest BCUT2D eigenvalue weighted by Gasteiger charge is 2.21. The quantitative estimate of drug-likeness (QED) is 0.665. The minimum atomic E-state index is -0.152. The van der Waals surface area contributed by atoms with Gasteiger partial charge in [0.25, 0.3) is 0 Å². The second-order valence-corrected chi connectivity index (χ2v) is 6.42. The summed E-state index contributed by atoms with van der Waals surface area (Å²) in [5, 5.41) is 18.4. The van der Waals surface area contributed by atoms with Gasteiger partial charge >= 0.3 is 0 Å². The SMILES string of the molecule is CSc1ncc(-c2ccn(C)n2)c(NC2CCC(O)CC2)n1. The van der Waals surface area contributed by atoms with Crippen molar-refractivity contribution in [1.82, 2.24) is 19.7 Å². The van der Waals surface area contributed by atoms with Crippen LogP contribution in [0, 0.1) is 0 Å². The van der Waals surface area contributed by atoms with Gasteiger partial charge in [-0.05, 0) is 38.0 Å². The van der Waals surface area contributed by atoms with E-state index < -0.39 is 0 Å². The average Bonchev–Trinajstić information content (AvgIpc) is 2.96. The first-order valence-corrected chi connectivity index (χ1v) is 8.74. The molecule has 1 fully saturated rings. The first kappa shape index (κ1) is 15.3. The lowest BCUT2D eigenvalue weighted by atomic mass is 9.93. The van der Waals surface area contributed by atoms with Crippen LogP contribution in [0.5, 0.6) is 0 Å². The minimum absolute atomic E-state index is 0.152. The summed E-state index contributed by atoms with van der Waals surface area (Å²) in [6, 6.07) is 2.31. The molecule has 22 heavy (non-hydrogen) atoms. The highest BCUT2D eigenvalue weighted by atomic mass is 32.2. The first-order chi connectivity index (χ1) is 10.7. The van der Waals surface area contributed by atoms with Crippen molar-refractivity contribution in [3.8, 4) is 11.3 Å². The van der Waals surface area contributed by atoms with E-state index in [-0.39, 0.29) is 6.10 Å². The monoisotopic (exact) mass is 319 g/mol. The first-order valence-electron chi connectivity index (χ1n) is 7.51. The third kappa shape index (κ3) is 3.41. The van der Waals surface area contributed by atoms with Crippen LogP contribution in [0.15, 0.2) is 23.6 Å². The van der Waals surface area contributed by atoms with Crippen LogP contribution in [0.2, 0.25) is 0 Å². The van der Waals surface area contributed by atoms with E-state index in [0.29, 0.717) is 6.04 Å². The molecule has 0 aliphatic heterocycles. The van der Waals surface area contributed by atoms with Crippen LogP contribution in [0.3, 0.4) is 0 Å². The number of anilines is 1. The predicted molar refractivity (Wildman–Crippen MR) is 87.9 cm³/mol. The molecule has 1 aliphatic rings. The van der Waals surface area contributed by atoms with Crippen LogP contribution in [-0.4, -0.2) is 43.3 Å². The van der Waals surface area contributed by atoms with Gasteiger partial charge in [-0.2, -0.15) is 5.10 Å². The fraction of sp³-hybridized carbons (Fsp3) is 0.533. The molecule has 0 amide bonds. The molecule has 6 nitrogen and oxygen atoms in total. The maximum absolute atomic E-state index is 9.64. The Morgan fingerprint density at radius 3 is 2.73 bits per heavy atom. The maximum atomic E-state index is 9.64. The number of thioether (sulfide) groups is 1. The topological polar surface area (TPSA) is 75.9 Å². The fourth-order valence-electron chi connectivity index (χ4n) is 2.73. The van der Waals surface area contributed by atoms with Gasteiger partial charge in [-0.1, -0.05) is 11.8 Å². The maximum Gasteiger partial charge on any atom is 0.189 e. The molecule has 0 aromatic carbocycles. The number of hydrogen-bond acceptors (Lipinski definition) is 6. The number of aliphatic hydroxyl groups is 1. The van der Waals surface area contributed by atoms with E-state index in [1.165, 1.54) is 11.8 Å². The molecule has 2 heterocycles. The van der Waals surface area contributed by atoms with Crippen LogP contribution in [0.1, 0.15) is 25.7 Å². The Labute approximate surface area is 134 Å². The fourth-order valence-corrected chi connectivity index (χ4v) is 3.07. The summed E-state index contributed by atoms with van der Waals surface area (Å²) in [6.45, 7) is 0. The number of nitrogens with one attached hydrogen (secondary N) is 1. The Balaban J connectivity index is 1.87. The number of hydrogen-bond donors (Lipinski definition) is 2. The van der Waals surface area contributed by atoms with Gasteiger partial charge in [0.1, 0.15) is 5.82 Å². The van der Waals surface area contributed by atoms with Gasteiger partial charge in [-0.25, -0.2) is 9.97 Å². The number of rotatable bonds is 4. The molecule has 2 aromatic rings. The van der Waals surface area contributed by atoms with Crippen molar-refractivity contribution >= 4 is 17.6 Å². The van der Waals surface area contributed by atoms with Crippen molar-refractivity contribution < 1.29 is 5.11 Å². The number of aliphatic hydroxyl groups excluding tert-OH is 1. The summed E-state index contributed by atoms with van der Waals surface area (Å²) in [4.78, 5) is 8.99. The molecule has 0 bridgehead atoms. The average molecular weight is 319 g/mol. The molecule has 2 aromatic heterocycles. The van der Waals surface area contributed by atoms with Crippen molar-refractivity contribution in [3.05, 3.63) is 18.5 Å². The highest BCUT2D eigenvalue weighted by Crippen LogP contribution is 2.29. The van der Waals surface area contributed by atoms with E-state index in [4.69, 9.17) is 0 Å². The van der Waals surface area contributed by atoms with E-state index in [1.807, 2.05) is 31.8 Å². The van der Waals surface area contributed by atoms with Crippen LogP contribution < -0.4 is 5.32 Å². The number of aromatic nitrogens is 4. The summed E-state index contributed by atoms with van der Waals surface area (Å²) in [7, 11) is 1.90. The van der Waals surface area contributed by atoms with E-state index in [9.17, 15) is 5.11 Å². The molecule has 3 rings (SSSR count). The Kier molecular flexibility index (Phi) is 4.63. The molecule has 1 aliphatic carbocycles. The molecule has 1 saturated carbocycles. The van der Waals surface area contributed by atoms with E-state index in [2.05, 4.69) is 20.4 Å². The molecule has 2 N–H and O–H groups in total. The third-order valence-electron chi connectivity index (χ3n) is 3.98. The van der Waals surface area contributed by atoms with E-state index >= 15 is 0 Å². The summed E-state index contributed by atoms with van der Waals surface area (Å²) in [6.07, 6.45) is 9.17. The zero-order chi connectivity index (χ0) is 15.5. The third-order valence-corrected chi connectivity index (χ3v) is 4.54. The smallest absolute Gasteiger partial charge is 0.189 e. The van der Waals surface area contributed by atoms with Crippen molar-refractivity contribution in [2.24, 2.45) is 7.05 Å². The Hall–Kier alpha value is -1.60. The van der Waals surface area contributed by atoms with E-state index in [1.54, 1.807) is 4.68 Å². The summed E-state index contributed by atoms with van der Waals surface area (Å²) in [5.74, 6) is 0.833. The molecule has 0 atom stereocenters. The van der Waals surface area contributed by atoms with Crippen LogP contribution in [-0.2, 0) is 7.05 Å². The second-order valence-electron chi connectivity index (χ2n) is 5.64. The summed E-state index contributed by atoms with van der Waals surface area (Å²) in [5.41, 5.74) is 1.79. The molecule has 0 saturated heterocycles. The van der Waals surface area contributed by atoms with Gasteiger partial charge in [0.05, 0.1) is 17.4 Å². The largest absolute Gasteiger partial charge is 0.393 e. The van der Waals surface area contributed by atoms with Crippen LogP contribution >= 0.6 is 11.8 Å². The number of nitrogens with zero attached hydrogens (tertiary/aromatic N) is 4. The second kappa shape index (κ2) is 6.66. The van der Waals surface area contributed by atoms with Crippen molar-refractivity contribution in [2.45, 2.75) is 43.0 Å². The summed E-state index contributed by atoms with van der Waals surface area (Å²) >= 11 is 1.53. The van der Waals surface area contributed by atoms with Crippen LogP contribution in [0.4, 0.5) is 5.82 Å². The Morgan fingerprint density at radius 2 is 2.09 bits per heavy atom. The molecule has 0 unspecified atom stereocenters. The van der Waals surface area contributed by atoms with Gasteiger partial charge in [-0.3, -0.25) is 4.68 Å². The standard InChI is InChI=1S/C15H21N5OS/c1-20-8-7-13(19-20)12-9-16-15(22-2)18-14(12)17-10-3-5-11(21)6-4-10/h7-11,21H,3-6H2,1-2H3,(H,16,17,18). The minimum Gasteiger partial charge on any atom is -0.393 e. The predicted octanol–water partition coefficient (Wildman–Crippen LogP) is 2.31. The Bertz CT molecular complexity index is 637. The van der Waals surface area contributed by atoms with Crippen molar-refractivity contribution in [1.29, 1.82) is 0 Å².